The van der Waals surface area contributed by atoms with Crippen LogP contribution in [0.2, 0.25) is 0 Å². The lowest BCUT2D eigenvalue weighted by atomic mass is 10.7. The summed E-state index contributed by atoms with van der Waals surface area (Å²) in [7, 11) is 0. The normalized spacial score (nSPS) is 22.8. The van der Waals surface area contributed by atoms with Gasteiger partial charge in [0.2, 0.25) is 0 Å². The fourth-order valence-corrected chi connectivity index (χ4v) is 0.703. The minimum Gasteiger partial charge on any atom is -0.258 e. The van der Waals surface area contributed by atoms with E-state index in [2.05, 4.69) is 6.08 Å². The summed E-state index contributed by atoms with van der Waals surface area (Å²) in [6.07, 6.45) is 2.91. The molecule has 0 aromatic rings. The Kier molecular flexibility index (Phi) is 1.14. The van der Waals surface area contributed by atoms with Gasteiger partial charge in [0, 0.05) is 0 Å². The van der Waals surface area contributed by atoms with Crippen molar-refractivity contribution < 1.29 is 0 Å². The lowest BCUT2D eigenvalue weighted by molar-refractivity contribution is 0.561. The van der Waals surface area contributed by atoms with Gasteiger partial charge in [-0.3, -0.25) is 5.84 Å². The molecule has 0 saturated carbocycles. The zero-order valence-electron chi connectivity index (χ0n) is 3.22. The maximum absolute atomic E-state index is 5.24. The van der Waals surface area contributed by atoms with E-state index in [-0.39, 0.29) is 0 Å². The first kappa shape index (κ1) is 4.18. The first-order valence-corrected chi connectivity index (χ1v) is 2.47. The quantitative estimate of drug-likeness (QED) is 0.347. The molecule has 0 bridgehead atoms. The zero-order valence-corrected chi connectivity index (χ0v) is 4.03. The van der Waals surface area contributed by atoms with Gasteiger partial charge in [-0.25, -0.2) is 0 Å². The van der Waals surface area contributed by atoms with Gasteiger partial charge in [0.05, 0.1) is 6.54 Å². The fourth-order valence-electron chi connectivity index (χ4n) is 0.269. The van der Waals surface area contributed by atoms with E-state index < -0.39 is 0 Å². The van der Waals surface area contributed by atoms with Gasteiger partial charge < -0.3 is 0 Å². The largest absolute Gasteiger partial charge is 0.258 e. The maximum Gasteiger partial charge on any atom is 0.0505 e. The Hall–Kier alpha value is 0.01000. The van der Waals surface area contributed by atoms with Crippen molar-refractivity contribution in [2.75, 3.05) is 6.54 Å². The minimum absolute atomic E-state index is 0.755. The van der Waals surface area contributed by atoms with E-state index in [0.717, 1.165) is 6.54 Å². The molecule has 0 aromatic heterocycles. The summed E-state index contributed by atoms with van der Waals surface area (Å²) in [6.45, 7) is 0.755. The highest BCUT2D eigenvalue weighted by Crippen LogP contribution is 2.10. The SMILES string of the molecule is NN1C[C]=CS1. The van der Waals surface area contributed by atoms with Crippen molar-refractivity contribution in [2.24, 2.45) is 5.84 Å². The number of hydrogen-bond acceptors (Lipinski definition) is 3. The van der Waals surface area contributed by atoms with Crippen LogP contribution >= 0.6 is 11.9 Å². The average Bonchev–Trinajstić information content (AvgIpc) is 1.86. The van der Waals surface area contributed by atoms with E-state index in [1.165, 1.54) is 11.9 Å². The second-order valence-corrected chi connectivity index (χ2v) is 1.92. The molecule has 1 heterocycles. The van der Waals surface area contributed by atoms with E-state index in [1.807, 2.05) is 5.41 Å². The highest BCUT2D eigenvalue weighted by Gasteiger charge is 1.97. The number of nitrogens with two attached hydrogens (primary N) is 1. The molecule has 0 amide bonds. The van der Waals surface area contributed by atoms with Crippen LogP contribution in [-0.2, 0) is 0 Å². The smallest absolute Gasteiger partial charge is 0.0505 e. The van der Waals surface area contributed by atoms with Gasteiger partial charge in [-0.15, -0.1) is 0 Å². The van der Waals surface area contributed by atoms with Crippen LogP contribution in [0.25, 0.3) is 0 Å². The van der Waals surface area contributed by atoms with Crippen LogP contribution in [-0.4, -0.2) is 11.0 Å². The Labute approximate surface area is 41.1 Å². The Morgan fingerprint density at radius 2 is 2.83 bits per heavy atom. The summed E-state index contributed by atoms with van der Waals surface area (Å²) < 4.78 is 1.61. The minimum atomic E-state index is 0.755. The molecule has 2 N–H and O–H groups in total. The Morgan fingerprint density at radius 3 is 3.00 bits per heavy atom. The molecule has 0 atom stereocenters. The van der Waals surface area contributed by atoms with Crippen molar-refractivity contribution in [3.8, 4) is 0 Å². The molecule has 3 heteroatoms. The van der Waals surface area contributed by atoms with E-state index >= 15 is 0 Å². The maximum atomic E-state index is 5.24. The molecular weight excluding hydrogens is 96.1 g/mol. The van der Waals surface area contributed by atoms with E-state index in [1.54, 1.807) is 4.41 Å². The van der Waals surface area contributed by atoms with Gasteiger partial charge >= 0.3 is 0 Å². The Balaban J connectivity index is 2.32. The molecule has 0 aliphatic carbocycles. The van der Waals surface area contributed by atoms with Crippen LogP contribution < -0.4 is 5.84 Å². The molecule has 0 unspecified atom stereocenters. The van der Waals surface area contributed by atoms with Crippen molar-refractivity contribution >= 4 is 11.9 Å². The van der Waals surface area contributed by atoms with Crippen molar-refractivity contribution in [2.45, 2.75) is 0 Å². The van der Waals surface area contributed by atoms with Crippen LogP contribution in [0, 0.1) is 6.08 Å². The standard InChI is InChI=1S/C3H5N2S/c4-5-2-1-3-6-5/h3H,2,4H2. The third-order valence-electron chi connectivity index (χ3n) is 0.519. The summed E-state index contributed by atoms with van der Waals surface area (Å²) in [6, 6.07) is 0. The van der Waals surface area contributed by atoms with Gasteiger partial charge in [0.1, 0.15) is 0 Å². The molecule has 1 radical (unpaired) electrons. The number of hydrogen-bond donors (Lipinski definition) is 1. The highest BCUT2D eigenvalue weighted by molar-refractivity contribution is 8.00. The molecule has 0 fully saturated rings. The van der Waals surface area contributed by atoms with Gasteiger partial charge in [0.15, 0.2) is 0 Å². The van der Waals surface area contributed by atoms with Crippen LogP contribution in [0.5, 0.6) is 0 Å². The summed E-state index contributed by atoms with van der Waals surface area (Å²) in [5, 5.41) is 1.85. The number of hydrazine groups is 1. The molecule has 33 valence electrons. The summed E-state index contributed by atoms with van der Waals surface area (Å²) in [5.41, 5.74) is 0. The van der Waals surface area contributed by atoms with E-state index in [9.17, 15) is 0 Å². The van der Waals surface area contributed by atoms with E-state index in [0.29, 0.717) is 0 Å². The summed E-state index contributed by atoms with van der Waals surface area (Å²) >= 11 is 1.47. The third kappa shape index (κ3) is 0.739. The first-order chi connectivity index (χ1) is 2.89. The van der Waals surface area contributed by atoms with Gasteiger partial charge in [-0.1, -0.05) is 0 Å². The first-order valence-electron chi connectivity index (χ1n) is 1.63. The predicted molar refractivity (Wildman–Crippen MR) is 26.3 cm³/mol. The van der Waals surface area contributed by atoms with Crippen molar-refractivity contribution in [1.82, 2.24) is 4.41 Å². The molecule has 2 nitrogen and oxygen atoms in total. The Bertz CT molecular complexity index is 63.2. The lowest BCUT2D eigenvalue weighted by Gasteiger charge is -1.99. The fraction of sp³-hybridized carbons (Fsp3) is 0.333. The molecule has 1 aliphatic heterocycles. The monoisotopic (exact) mass is 101 g/mol. The Morgan fingerprint density at radius 1 is 2.00 bits per heavy atom. The summed E-state index contributed by atoms with van der Waals surface area (Å²) in [5.74, 6) is 5.24. The molecule has 6 heavy (non-hydrogen) atoms. The van der Waals surface area contributed by atoms with Crippen LogP contribution in [0.4, 0.5) is 0 Å². The molecule has 1 aliphatic rings. The predicted octanol–water partition coefficient (Wildman–Crippen LogP) is 0.141. The second kappa shape index (κ2) is 1.64. The van der Waals surface area contributed by atoms with Gasteiger partial charge in [-0.2, -0.15) is 4.41 Å². The third-order valence-corrected chi connectivity index (χ3v) is 1.19. The molecule has 1 rings (SSSR count). The highest BCUT2D eigenvalue weighted by atomic mass is 32.2. The zero-order chi connectivity index (χ0) is 4.41. The van der Waals surface area contributed by atoms with Crippen molar-refractivity contribution in [3.63, 3.8) is 0 Å². The molecular formula is C3H5N2S. The second-order valence-electron chi connectivity index (χ2n) is 1.00. The average molecular weight is 101 g/mol. The number of rotatable bonds is 0. The molecule has 0 saturated heterocycles. The number of nitrogens with zero attached hydrogens (tertiary/aromatic N) is 1. The molecule has 0 aromatic carbocycles. The topological polar surface area (TPSA) is 29.3 Å². The lowest BCUT2D eigenvalue weighted by Crippen LogP contribution is -2.19. The molecule has 0 spiro atoms. The van der Waals surface area contributed by atoms with Crippen LogP contribution in [0.15, 0.2) is 5.41 Å². The van der Waals surface area contributed by atoms with Gasteiger partial charge in [0.25, 0.3) is 0 Å². The van der Waals surface area contributed by atoms with Crippen LogP contribution in [0.1, 0.15) is 0 Å². The van der Waals surface area contributed by atoms with E-state index in [4.69, 9.17) is 5.84 Å². The van der Waals surface area contributed by atoms with Crippen LogP contribution in [0.3, 0.4) is 0 Å². The summed E-state index contributed by atoms with van der Waals surface area (Å²) in [4.78, 5) is 0. The van der Waals surface area contributed by atoms with Crippen molar-refractivity contribution in [1.29, 1.82) is 0 Å². The van der Waals surface area contributed by atoms with Crippen molar-refractivity contribution in [3.05, 3.63) is 11.5 Å². The van der Waals surface area contributed by atoms with Gasteiger partial charge in [-0.05, 0) is 23.4 Å².